The van der Waals surface area contributed by atoms with Crippen molar-refractivity contribution in [3.63, 3.8) is 0 Å². The highest BCUT2D eigenvalue weighted by Gasteiger charge is 2.06. The van der Waals surface area contributed by atoms with Crippen LogP contribution in [-0.2, 0) is 4.79 Å². The molecule has 25 heavy (non-hydrogen) atoms. The molecule has 0 saturated heterocycles. The van der Waals surface area contributed by atoms with Gasteiger partial charge in [-0.25, -0.2) is 0 Å². The molecular formula is C19H23N3O3. The molecule has 6 heteroatoms. The minimum atomic E-state index is -0.169. The average molecular weight is 341 g/mol. The summed E-state index contributed by atoms with van der Waals surface area (Å²) < 4.78 is 5.61. The van der Waals surface area contributed by atoms with Gasteiger partial charge in [0.25, 0.3) is 5.91 Å². The number of hydrogen-bond acceptors (Lipinski definition) is 4. The molecule has 132 valence electrons. The van der Waals surface area contributed by atoms with E-state index in [0.717, 1.165) is 5.69 Å². The summed E-state index contributed by atoms with van der Waals surface area (Å²) in [6.45, 7) is 4.02. The van der Waals surface area contributed by atoms with E-state index in [-0.39, 0.29) is 24.5 Å². The van der Waals surface area contributed by atoms with Crippen LogP contribution in [0.3, 0.4) is 0 Å². The quantitative estimate of drug-likeness (QED) is 0.723. The highest BCUT2D eigenvalue weighted by atomic mass is 16.5. The summed E-state index contributed by atoms with van der Waals surface area (Å²) in [7, 11) is 1.58. The number of carbonyl (C=O) groups excluding carboxylic acids is 2. The van der Waals surface area contributed by atoms with Crippen molar-refractivity contribution in [1.29, 1.82) is 0 Å². The normalized spacial score (nSPS) is 10.2. The molecule has 0 atom stereocenters. The van der Waals surface area contributed by atoms with Crippen LogP contribution in [0.1, 0.15) is 24.2 Å². The Bertz CT molecular complexity index is 727. The lowest BCUT2D eigenvalue weighted by Crippen LogP contribution is -2.22. The van der Waals surface area contributed by atoms with Crippen molar-refractivity contribution in [3.05, 3.63) is 54.1 Å². The van der Waals surface area contributed by atoms with Gasteiger partial charge in [0.1, 0.15) is 5.75 Å². The lowest BCUT2D eigenvalue weighted by atomic mass is 10.2. The maximum absolute atomic E-state index is 12.1. The average Bonchev–Trinajstić information content (AvgIpc) is 2.59. The third kappa shape index (κ3) is 5.84. The molecular weight excluding hydrogens is 318 g/mol. The number of carbonyl (C=O) groups is 2. The monoisotopic (exact) mass is 341 g/mol. The third-order valence-electron chi connectivity index (χ3n) is 3.32. The standard InChI is InChI=1S/C19H23N3O3/c1-13(2)25-17-6-4-5-16(11-17)22-18(23)12-21-15-9-7-14(8-10-15)19(24)20-3/h4-11,13,21H,12H2,1-3H3,(H,20,24)(H,22,23). The van der Waals surface area contributed by atoms with Crippen molar-refractivity contribution in [3.8, 4) is 5.75 Å². The minimum absolute atomic E-state index is 0.0744. The summed E-state index contributed by atoms with van der Waals surface area (Å²) >= 11 is 0. The number of anilines is 2. The molecule has 2 rings (SSSR count). The second-order valence-corrected chi connectivity index (χ2v) is 5.75. The molecule has 2 aromatic carbocycles. The highest BCUT2D eigenvalue weighted by molar-refractivity contribution is 5.95. The van der Waals surface area contributed by atoms with Gasteiger partial charge in [0.2, 0.25) is 5.91 Å². The van der Waals surface area contributed by atoms with E-state index in [1.54, 1.807) is 37.4 Å². The van der Waals surface area contributed by atoms with Gasteiger partial charge in [-0.15, -0.1) is 0 Å². The first-order valence-electron chi connectivity index (χ1n) is 8.10. The maximum atomic E-state index is 12.1. The summed E-state index contributed by atoms with van der Waals surface area (Å²) in [5.41, 5.74) is 2.01. The van der Waals surface area contributed by atoms with Crippen LogP contribution < -0.4 is 20.7 Å². The number of ether oxygens (including phenoxy) is 1. The Hall–Kier alpha value is -3.02. The lowest BCUT2D eigenvalue weighted by molar-refractivity contribution is -0.114. The predicted molar refractivity (Wildman–Crippen MR) is 99.2 cm³/mol. The molecule has 0 bridgehead atoms. The van der Waals surface area contributed by atoms with Crippen molar-refractivity contribution in [2.75, 3.05) is 24.2 Å². The molecule has 0 aliphatic carbocycles. The topological polar surface area (TPSA) is 79.5 Å². The van der Waals surface area contributed by atoms with Crippen LogP contribution >= 0.6 is 0 Å². The van der Waals surface area contributed by atoms with E-state index in [2.05, 4.69) is 16.0 Å². The van der Waals surface area contributed by atoms with Crippen LogP contribution in [0.15, 0.2) is 48.5 Å². The number of nitrogens with one attached hydrogen (secondary N) is 3. The molecule has 0 fully saturated rings. The minimum Gasteiger partial charge on any atom is -0.491 e. The Morgan fingerprint density at radius 1 is 1.04 bits per heavy atom. The predicted octanol–water partition coefficient (Wildman–Crippen LogP) is 2.88. The van der Waals surface area contributed by atoms with Crippen molar-refractivity contribution in [1.82, 2.24) is 5.32 Å². The largest absolute Gasteiger partial charge is 0.491 e. The van der Waals surface area contributed by atoms with Gasteiger partial charge in [0.15, 0.2) is 0 Å². The maximum Gasteiger partial charge on any atom is 0.251 e. The van der Waals surface area contributed by atoms with Crippen LogP contribution in [0.2, 0.25) is 0 Å². The zero-order valence-corrected chi connectivity index (χ0v) is 14.6. The first kappa shape index (κ1) is 18.3. The summed E-state index contributed by atoms with van der Waals surface area (Å²) in [5.74, 6) is 0.399. The van der Waals surface area contributed by atoms with E-state index in [4.69, 9.17) is 4.74 Å². The van der Waals surface area contributed by atoms with Gasteiger partial charge in [-0.05, 0) is 50.2 Å². The zero-order chi connectivity index (χ0) is 18.2. The van der Waals surface area contributed by atoms with E-state index in [1.165, 1.54) is 0 Å². The molecule has 3 N–H and O–H groups in total. The smallest absolute Gasteiger partial charge is 0.251 e. The van der Waals surface area contributed by atoms with Gasteiger partial charge < -0.3 is 20.7 Å². The third-order valence-corrected chi connectivity index (χ3v) is 3.32. The molecule has 2 amide bonds. The van der Waals surface area contributed by atoms with Crippen LogP contribution in [0.4, 0.5) is 11.4 Å². The molecule has 6 nitrogen and oxygen atoms in total. The van der Waals surface area contributed by atoms with Crippen molar-refractivity contribution in [2.24, 2.45) is 0 Å². The highest BCUT2D eigenvalue weighted by Crippen LogP contribution is 2.18. The first-order chi connectivity index (χ1) is 12.0. The Kier molecular flexibility index (Phi) is 6.39. The Morgan fingerprint density at radius 2 is 1.76 bits per heavy atom. The molecule has 0 aliphatic rings. The zero-order valence-electron chi connectivity index (χ0n) is 14.6. The van der Waals surface area contributed by atoms with Crippen LogP contribution in [0, 0.1) is 0 Å². The fourth-order valence-corrected chi connectivity index (χ4v) is 2.19. The number of benzene rings is 2. The Morgan fingerprint density at radius 3 is 2.40 bits per heavy atom. The van der Waals surface area contributed by atoms with Crippen molar-refractivity contribution >= 4 is 23.2 Å². The SMILES string of the molecule is CNC(=O)c1ccc(NCC(=O)Nc2cccc(OC(C)C)c2)cc1. The van der Waals surface area contributed by atoms with E-state index in [1.807, 2.05) is 32.0 Å². The van der Waals surface area contributed by atoms with Gasteiger partial charge in [-0.1, -0.05) is 6.07 Å². The number of rotatable bonds is 7. The molecule has 2 aromatic rings. The van der Waals surface area contributed by atoms with E-state index in [0.29, 0.717) is 17.0 Å². The Labute approximate surface area is 147 Å². The molecule has 0 aromatic heterocycles. The van der Waals surface area contributed by atoms with E-state index >= 15 is 0 Å². The fraction of sp³-hybridized carbons (Fsp3) is 0.263. The van der Waals surface area contributed by atoms with Crippen molar-refractivity contribution < 1.29 is 14.3 Å². The van der Waals surface area contributed by atoms with Gasteiger partial charge in [-0.3, -0.25) is 9.59 Å². The summed E-state index contributed by atoms with van der Waals surface area (Å²) in [5, 5.41) is 8.40. The second kappa shape index (κ2) is 8.73. The van der Waals surface area contributed by atoms with Crippen LogP contribution in [-0.4, -0.2) is 31.5 Å². The van der Waals surface area contributed by atoms with Gasteiger partial charge in [0, 0.05) is 30.1 Å². The summed E-state index contributed by atoms with van der Waals surface area (Å²) in [6.07, 6.45) is 0.0744. The number of amides is 2. The lowest BCUT2D eigenvalue weighted by Gasteiger charge is -2.12. The van der Waals surface area contributed by atoms with Crippen LogP contribution in [0.25, 0.3) is 0 Å². The number of hydrogen-bond donors (Lipinski definition) is 3. The van der Waals surface area contributed by atoms with Gasteiger partial charge >= 0.3 is 0 Å². The summed E-state index contributed by atoms with van der Waals surface area (Å²) in [4.78, 5) is 23.5. The second-order valence-electron chi connectivity index (χ2n) is 5.75. The van der Waals surface area contributed by atoms with Gasteiger partial charge in [0.05, 0.1) is 12.6 Å². The molecule has 0 heterocycles. The fourth-order valence-electron chi connectivity index (χ4n) is 2.19. The van der Waals surface area contributed by atoms with Crippen LogP contribution in [0.5, 0.6) is 5.75 Å². The molecule has 0 saturated carbocycles. The summed E-state index contributed by atoms with van der Waals surface area (Å²) in [6, 6.07) is 14.2. The molecule has 0 radical (unpaired) electrons. The van der Waals surface area contributed by atoms with Gasteiger partial charge in [-0.2, -0.15) is 0 Å². The van der Waals surface area contributed by atoms with E-state index < -0.39 is 0 Å². The van der Waals surface area contributed by atoms with E-state index in [9.17, 15) is 9.59 Å². The molecule has 0 aliphatic heterocycles. The first-order valence-corrected chi connectivity index (χ1v) is 8.10. The molecule has 0 spiro atoms. The molecule has 0 unspecified atom stereocenters. The van der Waals surface area contributed by atoms with Crippen molar-refractivity contribution in [2.45, 2.75) is 20.0 Å². The Balaban J connectivity index is 1.87.